The Hall–Kier alpha value is -1.46. The zero-order valence-corrected chi connectivity index (χ0v) is 12.8. The van der Waals surface area contributed by atoms with Crippen LogP contribution in [0.15, 0.2) is 22.6 Å². The lowest BCUT2D eigenvalue weighted by Gasteiger charge is -2.03. The minimum absolute atomic E-state index is 0.125. The molecule has 0 unspecified atom stereocenters. The summed E-state index contributed by atoms with van der Waals surface area (Å²) in [7, 11) is 0. The van der Waals surface area contributed by atoms with Crippen LogP contribution in [0.2, 0.25) is 0 Å². The highest BCUT2D eigenvalue weighted by Crippen LogP contribution is 2.34. The molecule has 0 aliphatic heterocycles. The highest BCUT2D eigenvalue weighted by molar-refractivity contribution is 7.18. The molecule has 0 saturated carbocycles. The number of hydrogen-bond acceptors (Lipinski definition) is 4. The third-order valence-corrected chi connectivity index (χ3v) is 6.04. The summed E-state index contributed by atoms with van der Waals surface area (Å²) >= 11 is 3.40. The van der Waals surface area contributed by atoms with E-state index in [0.717, 1.165) is 23.1 Å². The van der Waals surface area contributed by atoms with Crippen molar-refractivity contribution in [1.82, 2.24) is 9.55 Å². The fourth-order valence-electron chi connectivity index (χ4n) is 2.87. The van der Waals surface area contributed by atoms with Gasteiger partial charge in [0.15, 0.2) is 0 Å². The molecule has 3 aromatic rings. The van der Waals surface area contributed by atoms with E-state index < -0.39 is 0 Å². The molecule has 3 aromatic heterocycles. The van der Waals surface area contributed by atoms with Gasteiger partial charge in [0.05, 0.1) is 18.3 Å². The molecule has 20 heavy (non-hydrogen) atoms. The lowest BCUT2D eigenvalue weighted by atomic mass is 10.2. The molecule has 1 aliphatic rings. The number of nitrogens with zero attached hydrogens (tertiary/aromatic N) is 2. The smallest absolute Gasteiger partial charge is 0.262 e. The van der Waals surface area contributed by atoms with E-state index in [1.54, 1.807) is 33.6 Å². The van der Waals surface area contributed by atoms with Crippen LogP contribution < -0.4 is 5.56 Å². The summed E-state index contributed by atoms with van der Waals surface area (Å²) in [4.78, 5) is 20.7. The topological polar surface area (TPSA) is 34.9 Å². The monoisotopic (exact) mass is 302 g/mol. The van der Waals surface area contributed by atoms with Gasteiger partial charge in [0, 0.05) is 9.75 Å². The molecule has 102 valence electrons. The van der Waals surface area contributed by atoms with Gasteiger partial charge in [-0.25, -0.2) is 4.98 Å². The zero-order chi connectivity index (χ0) is 13.7. The molecule has 0 fully saturated rings. The van der Waals surface area contributed by atoms with Gasteiger partial charge < -0.3 is 0 Å². The van der Waals surface area contributed by atoms with E-state index in [1.807, 2.05) is 0 Å². The van der Waals surface area contributed by atoms with E-state index >= 15 is 0 Å². The summed E-state index contributed by atoms with van der Waals surface area (Å²) in [6.07, 6.45) is 5.02. The third kappa shape index (κ3) is 1.84. The van der Waals surface area contributed by atoms with Crippen molar-refractivity contribution in [2.45, 2.75) is 32.7 Å². The van der Waals surface area contributed by atoms with Crippen molar-refractivity contribution in [3.8, 4) is 0 Å². The highest BCUT2D eigenvalue weighted by atomic mass is 32.1. The van der Waals surface area contributed by atoms with Crippen molar-refractivity contribution in [1.29, 1.82) is 0 Å². The maximum atomic E-state index is 12.7. The van der Waals surface area contributed by atoms with E-state index in [4.69, 9.17) is 0 Å². The highest BCUT2D eigenvalue weighted by Gasteiger charge is 2.21. The molecule has 0 atom stereocenters. The molecule has 0 aromatic carbocycles. The Labute approximate surface area is 124 Å². The average molecular weight is 302 g/mol. The van der Waals surface area contributed by atoms with Crippen molar-refractivity contribution >= 4 is 32.9 Å². The third-order valence-electron chi connectivity index (χ3n) is 3.80. The van der Waals surface area contributed by atoms with Crippen molar-refractivity contribution in [3.63, 3.8) is 0 Å². The lowest BCUT2D eigenvalue weighted by Crippen LogP contribution is -2.20. The van der Waals surface area contributed by atoms with E-state index in [0.29, 0.717) is 6.54 Å². The minimum atomic E-state index is 0.125. The Kier molecular flexibility index (Phi) is 2.79. The van der Waals surface area contributed by atoms with Crippen LogP contribution in [0.4, 0.5) is 0 Å². The first-order chi connectivity index (χ1) is 9.72. The maximum Gasteiger partial charge on any atom is 0.262 e. The molecular formula is C15H14N2OS2. The van der Waals surface area contributed by atoms with E-state index in [2.05, 4.69) is 23.4 Å². The Balaban J connectivity index is 1.85. The van der Waals surface area contributed by atoms with Crippen molar-refractivity contribution in [3.05, 3.63) is 49.0 Å². The standard InChI is InChI=1S/C15H14N2OS2/c1-9-5-10(19-7-9)6-17-8-16-14-13(15(17)18)11-3-2-4-12(11)20-14/h5,7-8H,2-4,6H2,1H3. The summed E-state index contributed by atoms with van der Waals surface area (Å²) in [6.45, 7) is 2.71. The minimum Gasteiger partial charge on any atom is -0.293 e. The molecule has 0 amide bonds. The summed E-state index contributed by atoms with van der Waals surface area (Å²) in [5.74, 6) is 0. The molecule has 0 radical (unpaired) electrons. The van der Waals surface area contributed by atoms with Crippen LogP contribution in [0, 0.1) is 6.92 Å². The number of rotatable bonds is 2. The van der Waals surface area contributed by atoms with Crippen LogP contribution in [-0.4, -0.2) is 9.55 Å². The Bertz CT molecular complexity index is 857. The summed E-state index contributed by atoms with van der Waals surface area (Å²) in [5, 5.41) is 2.99. The van der Waals surface area contributed by atoms with Crippen LogP contribution in [0.1, 0.15) is 27.3 Å². The predicted molar refractivity (Wildman–Crippen MR) is 84.1 cm³/mol. The second-order valence-electron chi connectivity index (χ2n) is 5.31. The average Bonchev–Trinajstić information content (AvgIpc) is 3.08. The van der Waals surface area contributed by atoms with Crippen molar-refractivity contribution in [2.24, 2.45) is 0 Å². The van der Waals surface area contributed by atoms with Gasteiger partial charge in [-0.15, -0.1) is 22.7 Å². The number of aromatic nitrogens is 2. The van der Waals surface area contributed by atoms with Gasteiger partial charge in [-0.3, -0.25) is 9.36 Å². The Morgan fingerprint density at radius 1 is 1.40 bits per heavy atom. The molecule has 3 heterocycles. The summed E-state index contributed by atoms with van der Waals surface area (Å²) in [5.41, 5.74) is 2.64. The van der Waals surface area contributed by atoms with E-state index in [9.17, 15) is 4.79 Å². The normalized spacial score (nSPS) is 14.1. The molecule has 0 bridgehead atoms. The molecule has 0 N–H and O–H groups in total. The van der Waals surface area contributed by atoms with Gasteiger partial charge in [0.25, 0.3) is 5.56 Å². The van der Waals surface area contributed by atoms with Crippen LogP contribution in [0.25, 0.3) is 10.2 Å². The SMILES string of the molecule is Cc1csc(Cn2cnc3sc4c(c3c2=O)CCC4)c1. The van der Waals surface area contributed by atoms with Crippen molar-refractivity contribution < 1.29 is 0 Å². The van der Waals surface area contributed by atoms with E-state index in [-0.39, 0.29) is 5.56 Å². The second kappa shape index (κ2) is 4.53. The van der Waals surface area contributed by atoms with Gasteiger partial charge in [-0.2, -0.15) is 0 Å². The first-order valence-electron chi connectivity index (χ1n) is 6.76. The van der Waals surface area contributed by atoms with Crippen molar-refractivity contribution in [2.75, 3.05) is 0 Å². The van der Waals surface area contributed by atoms with Crippen LogP contribution >= 0.6 is 22.7 Å². The summed E-state index contributed by atoms with van der Waals surface area (Å²) < 4.78 is 1.75. The number of hydrogen-bond donors (Lipinski definition) is 0. The zero-order valence-electron chi connectivity index (χ0n) is 11.2. The quantitative estimate of drug-likeness (QED) is 0.727. The second-order valence-corrected chi connectivity index (χ2v) is 7.38. The van der Waals surface area contributed by atoms with Crippen LogP contribution in [-0.2, 0) is 19.4 Å². The molecular weight excluding hydrogens is 288 g/mol. The number of fused-ring (bicyclic) bond motifs is 3. The van der Waals surface area contributed by atoms with Crippen LogP contribution in [0.3, 0.4) is 0 Å². The molecule has 5 heteroatoms. The lowest BCUT2D eigenvalue weighted by molar-refractivity contribution is 0.758. The van der Waals surface area contributed by atoms with Gasteiger partial charge in [-0.1, -0.05) is 0 Å². The molecule has 4 rings (SSSR count). The fraction of sp³-hybridized carbons (Fsp3) is 0.333. The molecule has 0 saturated heterocycles. The number of aryl methyl sites for hydroxylation is 3. The van der Waals surface area contributed by atoms with Gasteiger partial charge >= 0.3 is 0 Å². The van der Waals surface area contributed by atoms with Gasteiger partial charge in [0.2, 0.25) is 0 Å². The first-order valence-corrected chi connectivity index (χ1v) is 8.45. The molecule has 0 spiro atoms. The molecule has 1 aliphatic carbocycles. The number of thiophene rings is 2. The van der Waals surface area contributed by atoms with Gasteiger partial charge in [-0.05, 0) is 48.8 Å². The van der Waals surface area contributed by atoms with E-state index in [1.165, 1.54) is 27.3 Å². The predicted octanol–water partition coefficient (Wildman–Crippen LogP) is 3.36. The Morgan fingerprint density at radius 3 is 3.10 bits per heavy atom. The maximum absolute atomic E-state index is 12.7. The fourth-order valence-corrected chi connectivity index (χ4v) is 4.97. The molecule has 3 nitrogen and oxygen atoms in total. The largest absolute Gasteiger partial charge is 0.293 e. The van der Waals surface area contributed by atoms with Crippen LogP contribution in [0.5, 0.6) is 0 Å². The van der Waals surface area contributed by atoms with Gasteiger partial charge in [0.1, 0.15) is 4.83 Å². The first kappa shape index (κ1) is 12.3. The Morgan fingerprint density at radius 2 is 2.30 bits per heavy atom. The summed E-state index contributed by atoms with van der Waals surface area (Å²) in [6, 6.07) is 2.14.